The van der Waals surface area contributed by atoms with Crippen LogP contribution in [0.3, 0.4) is 0 Å². The lowest BCUT2D eigenvalue weighted by atomic mass is 9.98. The zero-order valence-electron chi connectivity index (χ0n) is 16.5. The normalized spacial score (nSPS) is 12.4. The summed E-state index contributed by atoms with van der Waals surface area (Å²) >= 11 is 0. The number of nitrogens with two attached hydrogens (primary N) is 1. The number of amides is 1. The molecule has 4 N–H and O–H groups in total. The van der Waals surface area contributed by atoms with Crippen molar-refractivity contribution in [2.75, 3.05) is 18.9 Å². The van der Waals surface area contributed by atoms with E-state index in [0.29, 0.717) is 5.69 Å². The van der Waals surface area contributed by atoms with Crippen molar-refractivity contribution >= 4 is 24.0 Å². The number of aromatic nitrogens is 2. The van der Waals surface area contributed by atoms with Crippen LogP contribution < -0.4 is 11.1 Å². The standard InChI is InChI=1S/C23H20N4O4/c24-21-20(22(28)29)27-14(12-26-21)6-5-11-25-23(30)31-13-19-17-9-3-1-7-15(17)16-8-2-4-10-18(16)19/h1-10,12,19H,11,13H2,(H2,24,26)(H,25,30)(H,28,29). The average molecular weight is 416 g/mol. The van der Waals surface area contributed by atoms with Gasteiger partial charge in [-0.1, -0.05) is 54.6 Å². The maximum Gasteiger partial charge on any atom is 0.407 e. The Hall–Kier alpha value is -4.20. The van der Waals surface area contributed by atoms with Gasteiger partial charge in [-0.15, -0.1) is 0 Å². The number of nitrogens with one attached hydrogen (secondary N) is 1. The van der Waals surface area contributed by atoms with Crippen molar-refractivity contribution in [3.8, 4) is 11.1 Å². The number of carboxylic acid groups (broad SMARTS) is 1. The van der Waals surface area contributed by atoms with E-state index in [1.807, 2.05) is 24.3 Å². The molecule has 0 unspecified atom stereocenters. The molecule has 0 saturated heterocycles. The van der Waals surface area contributed by atoms with E-state index < -0.39 is 12.1 Å². The Morgan fingerprint density at radius 1 is 1.10 bits per heavy atom. The highest BCUT2D eigenvalue weighted by atomic mass is 16.5. The molecular formula is C23H20N4O4. The molecule has 0 saturated carbocycles. The molecule has 0 atom stereocenters. The number of nitrogens with zero attached hydrogens (tertiary/aromatic N) is 2. The van der Waals surface area contributed by atoms with Crippen molar-refractivity contribution in [3.63, 3.8) is 0 Å². The first-order chi connectivity index (χ1) is 15.0. The molecule has 4 rings (SSSR count). The highest BCUT2D eigenvalue weighted by Gasteiger charge is 2.28. The Balaban J connectivity index is 1.33. The maximum absolute atomic E-state index is 12.1. The van der Waals surface area contributed by atoms with Crippen molar-refractivity contribution in [2.45, 2.75) is 5.92 Å². The van der Waals surface area contributed by atoms with Gasteiger partial charge in [-0.3, -0.25) is 0 Å². The van der Waals surface area contributed by atoms with Crippen molar-refractivity contribution in [1.29, 1.82) is 0 Å². The first-order valence-electron chi connectivity index (χ1n) is 9.66. The quantitative estimate of drug-likeness (QED) is 0.562. The molecule has 156 valence electrons. The third-order valence-electron chi connectivity index (χ3n) is 5.02. The molecule has 0 aliphatic heterocycles. The van der Waals surface area contributed by atoms with Gasteiger partial charge in [0.2, 0.25) is 0 Å². The largest absolute Gasteiger partial charge is 0.476 e. The fourth-order valence-electron chi connectivity index (χ4n) is 3.62. The molecule has 0 spiro atoms. The van der Waals surface area contributed by atoms with Gasteiger partial charge in [-0.05, 0) is 28.3 Å². The minimum atomic E-state index is -1.25. The van der Waals surface area contributed by atoms with Crippen molar-refractivity contribution in [1.82, 2.24) is 15.3 Å². The molecule has 1 aliphatic carbocycles. The Bertz CT molecular complexity index is 1130. The van der Waals surface area contributed by atoms with Crippen LogP contribution in [0, 0.1) is 0 Å². The second-order valence-electron chi connectivity index (χ2n) is 6.94. The molecular weight excluding hydrogens is 396 g/mol. The minimum Gasteiger partial charge on any atom is -0.476 e. The highest BCUT2D eigenvalue weighted by Crippen LogP contribution is 2.44. The second-order valence-corrected chi connectivity index (χ2v) is 6.94. The number of hydrogen-bond donors (Lipinski definition) is 3. The molecule has 3 aromatic rings. The lowest BCUT2D eigenvalue weighted by Gasteiger charge is -2.14. The van der Waals surface area contributed by atoms with Gasteiger partial charge in [0.05, 0.1) is 11.9 Å². The van der Waals surface area contributed by atoms with Crippen LogP contribution in [0.5, 0.6) is 0 Å². The van der Waals surface area contributed by atoms with E-state index in [0.717, 1.165) is 11.1 Å². The second kappa shape index (κ2) is 8.66. The Kier molecular flexibility index (Phi) is 5.61. The molecule has 1 amide bonds. The lowest BCUT2D eigenvalue weighted by Crippen LogP contribution is -2.26. The number of carbonyl (C=O) groups is 2. The monoisotopic (exact) mass is 416 g/mol. The van der Waals surface area contributed by atoms with E-state index in [1.54, 1.807) is 12.2 Å². The molecule has 0 radical (unpaired) electrons. The van der Waals surface area contributed by atoms with Gasteiger partial charge < -0.3 is 20.9 Å². The predicted octanol–water partition coefficient (Wildman–Crippen LogP) is 3.31. The summed E-state index contributed by atoms with van der Waals surface area (Å²) in [6.07, 6.45) is 3.97. The zero-order valence-corrected chi connectivity index (χ0v) is 16.5. The number of carbonyl (C=O) groups excluding carboxylic acids is 1. The van der Waals surface area contributed by atoms with Crippen LogP contribution in [0.15, 0.2) is 60.8 Å². The number of aromatic carboxylic acids is 1. The van der Waals surface area contributed by atoms with Gasteiger partial charge in [-0.2, -0.15) is 0 Å². The predicted molar refractivity (Wildman–Crippen MR) is 116 cm³/mol. The van der Waals surface area contributed by atoms with E-state index in [9.17, 15) is 9.59 Å². The first-order valence-corrected chi connectivity index (χ1v) is 9.66. The summed E-state index contributed by atoms with van der Waals surface area (Å²) in [7, 11) is 0. The van der Waals surface area contributed by atoms with Gasteiger partial charge in [0, 0.05) is 12.5 Å². The summed E-state index contributed by atoms with van der Waals surface area (Å²) < 4.78 is 5.45. The van der Waals surface area contributed by atoms with E-state index >= 15 is 0 Å². The van der Waals surface area contributed by atoms with E-state index in [1.165, 1.54) is 17.3 Å². The summed E-state index contributed by atoms with van der Waals surface area (Å²) in [6.45, 7) is 0.417. The van der Waals surface area contributed by atoms with Crippen molar-refractivity contribution in [2.24, 2.45) is 0 Å². The summed E-state index contributed by atoms with van der Waals surface area (Å²) in [5.74, 6) is -1.41. The number of carboxylic acids is 1. The zero-order chi connectivity index (χ0) is 21.8. The van der Waals surface area contributed by atoms with Crippen molar-refractivity contribution in [3.05, 3.63) is 83.3 Å². The molecule has 1 aliphatic rings. The van der Waals surface area contributed by atoms with Gasteiger partial charge in [0.15, 0.2) is 11.5 Å². The maximum atomic E-state index is 12.1. The average Bonchev–Trinajstić information content (AvgIpc) is 3.10. The van der Waals surface area contributed by atoms with Crippen LogP contribution in [-0.2, 0) is 4.74 Å². The number of ether oxygens (including phenoxy) is 1. The lowest BCUT2D eigenvalue weighted by molar-refractivity contribution is 0.0691. The van der Waals surface area contributed by atoms with Gasteiger partial charge in [-0.25, -0.2) is 19.6 Å². The van der Waals surface area contributed by atoms with Crippen LogP contribution in [0.1, 0.15) is 33.2 Å². The van der Waals surface area contributed by atoms with Crippen molar-refractivity contribution < 1.29 is 19.4 Å². The number of fused-ring (bicyclic) bond motifs is 3. The topological polar surface area (TPSA) is 127 Å². The highest BCUT2D eigenvalue weighted by molar-refractivity contribution is 5.90. The molecule has 0 bridgehead atoms. The summed E-state index contributed by atoms with van der Waals surface area (Å²) in [5.41, 5.74) is 10.1. The van der Waals surface area contributed by atoms with E-state index in [2.05, 4.69) is 39.6 Å². The third-order valence-corrected chi connectivity index (χ3v) is 5.02. The van der Waals surface area contributed by atoms with E-state index in [-0.39, 0.29) is 30.6 Å². The van der Waals surface area contributed by atoms with Crippen LogP contribution in [0.2, 0.25) is 0 Å². The SMILES string of the molecule is Nc1ncc(C=CCNC(=O)OCC2c3ccccc3-c3ccccc32)nc1C(=O)O. The fourth-order valence-corrected chi connectivity index (χ4v) is 3.62. The summed E-state index contributed by atoms with van der Waals surface area (Å²) in [5, 5.41) is 11.7. The Morgan fingerprint density at radius 2 is 1.74 bits per heavy atom. The van der Waals surface area contributed by atoms with Crippen LogP contribution in [-0.4, -0.2) is 40.3 Å². The number of hydrogen-bond acceptors (Lipinski definition) is 6. The van der Waals surface area contributed by atoms with Gasteiger partial charge in [0.25, 0.3) is 0 Å². The Morgan fingerprint density at radius 3 is 2.39 bits per heavy atom. The molecule has 2 aromatic carbocycles. The first kappa shape index (κ1) is 20.1. The van der Waals surface area contributed by atoms with Gasteiger partial charge in [0.1, 0.15) is 6.61 Å². The number of anilines is 1. The molecule has 8 heteroatoms. The smallest absolute Gasteiger partial charge is 0.407 e. The van der Waals surface area contributed by atoms with Crippen LogP contribution in [0.25, 0.3) is 17.2 Å². The van der Waals surface area contributed by atoms with E-state index in [4.69, 9.17) is 15.6 Å². The number of rotatable bonds is 6. The van der Waals surface area contributed by atoms with Gasteiger partial charge >= 0.3 is 12.1 Å². The number of benzene rings is 2. The third kappa shape index (κ3) is 4.23. The molecule has 8 nitrogen and oxygen atoms in total. The van der Waals surface area contributed by atoms with Crippen LogP contribution in [0.4, 0.5) is 10.6 Å². The number of nitrogen functional groups attached to an aromatic ring is 1. The summed E-state index contributed by atoms with van der Waals surface area (Å²) in [6, 6.07) is 16.2. The Labute approximate surface area is 178 Å². The molecule has 31 heavy (non-hydrogen) atoms. The fraction of sp³-hybridized carbons (Fsp3) is 0.130. The minimum absolute atomic E-state index is 0.00631. The van der Waals surface area contributed by atoms with Crippen LogP contribution >= 0.6 is 0 Å². The molecule has 0 fully saturated rings. The number of alkyl carbamates (subject to hydrolysis) is 1. The molecule has 1 aromatic heterocycles. The summed E-state index contributed by atoms with van der Waals surface area (Å²) in [4.78, 5) is 30.9. The molecule has 1 heterocycles.